The summed E-state index contributed by atoms with van der Waals surface area (Å²) in [6.07, 6.45) is 3.59. The normalized spacial score (nSPS) is 10.3. The van der Waals surface area contributed by atoms with Crippen LogP contribution >= 0.6 is 28.1 Å². The highest BCUT2D eigenvalue weighted by Crippen LogP contribution is 2.23. The summed E-state index contributed by atoms with van der Waals surface area (Å²) in [5.41, 5.74) is 4.54. The van der Waals surface area contributed by atoms with E-state index in [0.29, 0.717) is 5.11 Å². The van der Waals surface area contributed by atoms with Crippen LogP contribution in [0.15, 0.2) is 46.9 Å². The quantitative estimate of drug-likeness (QED) is 0.634. The van der Waals surface area contributed by atoms with Gasteiger partial charge in [0, 0.05) is 10.2 Å². The molecular formula is C18H21BrN2S. The molecule has 4 heteroatoms. The minimum Gasteiger partial charge on any atom is -0.332 e. The molecule has 22 heavy (non-hydrogen) atoms. The molecular weight excluding hydrogens is 356 g/mol. The van der Waals surface area contributed by atoms with E-state index >= 15 is 0 Å². The van der Waals surface area contributed by atoms with Gasteiger partial charge in [0.25, 0.3) is 0 Å². The minimum absolute atomic E-state index is 0.589. The van der Waals surface area contributed by atoms with E-state index < -0.39 is 0 Å². The molecule has 0 bridgehead atoms. The van der Waals surface area contributed by atoms with Crippen molar-refractivity contribution in [3.8, 4) is 0 Å². The predicted octanol–water partition coefficient (Wildman–Crippen LogP) is 5.91. The lowest BCUT2D eigenvalue weighted by Gasteiger charge is -2.12. The smallest absolute Gasteiger partial charge is 0.175 e. The zero-order valence-corrected chi connectivity index (χ0v) is 15.4. The van der Waals surface area contributed by atoms with Crippen LogP contribution in [0.1, 0.15) is 30.9 Å². The third-order valence-corrected chi connectivity index (χ3v) is 4.26. The van der Waals surface area contributed by atoms with Crippen LogP contribution in [0.5, 0.6) is 0 Å². The van der Waals surface area contributed by atoms with Crippen molar-refractivity contribution in [1.82, 2.24) is 0 Å². The maximum Gasteiger partial charge on any atom is 0.175 e. The van der Waals surface area contributed by atoms with Gasteiger partial charge >= 0.3 is 0 Å². The maximum absolute atomic E-state index is 5.37. The molecule has 0 aliphatic carbocycles. The first kappa shape index (κ1) is 17.0. The monoisotopic (exact) mass is 376 g/mol. The second-order valence-electron chi connectivity index (χ2n) is 5.36. The summed E-state index contributed by atoms with van der Waals surface area (Å²) >= 11 is 8.91. The van der Waals surface area contributed by atoms with Gasteiger partial charge in [0.2, 0.25) is 0 Å². The van der Waals surface area contributed by atoms with Gasteiger partial charge in [0.05, 0.1) is 5.69 Å². The molecule has 2 aromatic carbocycles. The van der Waals surface area contributed by atoms with E-state index in [1.807, 2.05) is 6.07 Å². The number of thiocarbonyl (C=S) groups is 1. The number of hydrogen-bond donors (Lipinski definition) is 2. The van der Waals surface area contributed by atoms with Crippen molar-refractivity contribution in [2.75, 3.05) is 10.6 Å². The lowest BCUT2D eigenvalue weighted by atomic mass is 10.1. The van der Waals surface area contributed by atoms with Gasteiger partial charge in [-0.25, -0.2) is 0 Å². The van der Waals surface area contributed by atoms with Crippen LogP contribution in [0, 0.1) is 6.92 Å². The molecule has 0 saturated heterocycles. The van der Waals surface area contributed by atoms with Gasteiger partial charge in [-0.1, -0.05) is 31.5 Å². The second kappa shape index (κ2) is 8.30. The number of unbranched alkanes of at least 4 members (excludes halogenated alkanes) is 1. The molecule has 0 spiro atoms. The van der Waals surface area contributed by atoms with E-state index in [2.05, 4.69) is 76.8 Å². The van der Waals surface area contributed by atoms with Crippen LogP contribution in [0.3, 0.4) is 0 Å². The van der Waals surface area contributed by atoms with E-state index in [4.69, 9.17) is 12.2 Å². The number of rotatable bonds is 5. The van der Waals surface area contributed by atoms with E-state index in [1.165, 1.54) is 24.0 Å². The predicted molar refractivity (Wildman–Crippen MR) is 104 cm³/mol. The molecule has 2 nitrogen and oxygen atoms in total. The van der Waals surface area contributed by atoms with Crippen molar-refractivity contribution >= 4 is 44.6 Å². The Morgan fingerprint density at radius 2 is 1.82 bits per heavy atom. The number of nitrogens with one attached hydrogen (secondary N) is 2. The summed E-state index contributed by atoms with van der Waals surface area (Å²) in [6, 6.07) is 14.6. The highest BCUT2D eigenvalue weighted by atomic mass is 79.9. The van der Waals surface area contributed by atoms with Gasteiger partial charge in [0.15, 0.2) is 5.11 Å². The Morgan fingerprint density at radius 3 is 2.45 bits per heavy atom. The van der Waals surface area contributed by atoms with Crippen molar-refractivity contribution in [3.63, 3.8) is 0 Å². The Hall–Kier alpha value is -1.39. The van der Waals surface area contributed by atoms with Crippen LogP contribution < -0.4 is 10.6 Å². The summed E-state index contributed by atoms with van der Waals surface area (Å²) in [4.78, 5) is 0. The van der Waals surface area contributed by atoms with Crippen LogP contribution in [-0.2, 0) is 6.42 Å². The van der Waals surface area contributed by atoms with Crippen LogP contribution in [0.4, 0.5) is 11.4 Å². The topological polar surface area (TPSA) is 24.1 Å². The van der Waals surface area contributed by atoms with Crippen molar-refractivity contribution in [3.05, 3.63) is 58.1 Å². The van der Waals surface area contributed by atoms with E-state index in [1.54, 1.807) is 0 Å². The molecule has 0 unspecified atom stereocenters. The van der Waals surface area contributed by atoms with Gasteiger partial charge in [-0.15, -0.1) is 0 Å². The Labute approximate surface area is 146 Å². The molecule has 0 atom stereocenters. The summed E-state index contributed by atoms with van der Waals surface area (Å²) in [5, 5.41) is 7.01. The molecule has 0 amide bonds. The Bertz CT molecular complexity index is 638. The highest BCUT2D eigenvalue weighted by Gasteiger charge is 2.03. The SMILES string of the molecule is CCCCc1ccc(NC(=S)Nc2ccc(C)cc2Br)cc1. The molecule has 0 aliphatic heterocycles. The highest BCUT2D eigenvalue weighted by molar-refractivity contribution is 9.10. The molecule has 116 valence electrons. The first-order valence-electron chi connectivity index (χ1n) is 7.51. The third-order valence-electron chi connectivity index (χ3n) is 3.40. The van der Waals surface area contributed by atoms with Crippen molar-refractivity contribution in [2.45, 2.75) is 33.1 Å². The number of hydrogen-bond acceptors (Lipinski definition) is 1. The van der Waals surface area contributed by atoms with Gasteiger partial charge < -0.3 is 10.6 Å². The van der Waals surface area contributed by atoms with E-state index in [-0.39, 0.29) is 0 Å². The second-order valence-corrected chi connectivity index (χ2v) is 6.63. The standard InChI is InChI=1S/C18H21BrN2S/c1-3-4-5-14-7-9-15(10-8-14)20-18(22)21-17-11-6-13(2)12-16(17)19/h6-12H,3-5H2,1-2H3,(H2,20,21,22). The van der Waals surface area contributed by atoms with Crippen molar-refractivity contribution < 1.29 is 0 Å². The van der Waals surface area contributed by atoms with Crippen LogP contribution in [0.2, 0.25) is 0 Å². The minimum atomic E-state index is 0.589. The zero-order chi connectivity index (χ0) is 15.9. The molecule has 2 aromatic rings. The van der Waals surface area contributed by atoms with Gasteiger partial charge in [0.1, 0.15) is 0 Å². The lowest BCUT2D eigenvalue weighted by molar-refractivity contribution is 0.795. The molecule has 0 fully saturated rings. The fourth-order valence-electron chi connectivity index (χ4n) is 2.14. The van der Waals surface area contributed by atoms with E-state index in [0.717, 1.165) is 22.3 Å². The summed E-state index contributed by atoms with van der Waals surface area (Å²) in [6.45, 7) is 4.27. The largest absolute Gasteiger partial charge is 0.332 e. The fourth-order valence-corrected chi connectivity index (χ4v) is 2.96. The number of benzene rings is 2. The first-order valence-corrected chi connectivity index (χ1v) is 8.71. The molecule has 2 N–H and O–H groups in total. The lowest BCUT2D eigenvalue weighted by Crippen LogP contribution is -2.19. The summed E-state index contributed by atoms with van der Waals surface area (Å²) < 4.78 is 1.01. The Balaban J connectivity index is 1.94. The van der Waals surface area contributed by atoms with Gasteiger partial charge in [-0.2, -0.15) is 0 Å². The molecule has 2 rings (SSSR count). The molecule has 0 heterocycles. The van der Waals surface area contributed by atoms with E-state index in [9.17, 15) is 0 Å². The molecule has 0 aromatic heterocycles. The maximum atomic E-state index is 5.37. The average molecular weight is 377 g/mol. The van der Waals surface area contributed by atoms with Crippen molar-refractivity contribution in [2.24, 2.45) is 0 Å². The number of halogens is 1. The molecule has 0 radical (unpaired) electrons. The summed E-state index contributed by atoms with van der Waals surface area (Å²) in [7, 11) is 0. The van der Waals surface area contributed by atoms with Gasteiger partial charge in [-0.05, 0) is 83.3 Å². The third kappa shape index (κ3) is 5.11. The number of anilines is 2. The molecule has 0 saturated carbocycles. The molecule has 0 aliphatic rings. The fraction of sp³-hybridized carbons (Fsp3) is 0.278. The Morgan fingerprint density at radius 1 is 1.09 bits per heavy atom. The number of aryl methyl sites for hydroxylation is 2. The van der Waals surface area contributed by atoms with Gasteiger partial charge in [-0.3, -0.25) is 0 Å². The van der Waals surface area contributed by atoms with Crippen molar-refractivity contribution in [1.29, 1.82) is 0 Å². The van der Waals surface area contributed by atoms with Crippen LogP contribution in [0.25, 0.3) is 0 Å². The average Bonchev–Trinajstić information content (AvgIpc) is 2.49. The van der Waals surface area contributed by atoms with Crippen LogP contribution in [-0.4, -0.2) is 5.11 Å². The first-order chi connectivity index (χ1) is 10.6. The Kier molecular flexibility index (Phi) is 6.40. The zero-order valence-electron chi connectivity index (χ0n) is 12.9. The summed E-state index contributed by atoms with van der Waals surface area (Å²) in [5.74, 6) is 0.